The van der Waals surface area contributed by atoms with Crippen LogP contribution in [-0.2, 0) is 4.79 Å². The highest BCUT2D eigenvalue weighted by Gasteiger charge is 2.31. The minimum atomic E-state index is 0.0393. The molecule has 1 heterocycles. The van der Waals surface area contributed by atoms with Gasteiger partial charge >= 0.3 is 0 Å². The van der Waals surface area contributed by atoms with Crippen molar-refractivity contribution in [2.24, 2.45) is 0 Å². The summed E-state index contributed by atoms with van der Waals surface area (Å²) in [6.07, 6.45) is 1.96. The first-order valence-corrected chi connectivity index (χ1v) is 8.04. The lowest BCUT2D eigenvalue weighted by Gasteiger charge is -2.14. The van der Waals surface area contributed by atoms with E-state index in [0.29, 0.717) is 6.54 Å². The predicted octanol–water partition coefficient (Wildman–Crippen LogP) is 3.67. The van der Waals surface area contributed by atoms with Crippen LogP contribution in [0.4, 0.5) is 11.4 Å². The fourth-order valence-electron chi connectivity index (χ4n) is 2.95. The van der Waals surface area contributed by atoms with Crippen LogP contribution in [0.25, 0.3) is 11.6 Å². The molecule has 0 N–H and O–H groups in total. The Morgan fingerprint density at radius 2 is 1.83 bits per heavy atom. The van der Waals surface area contributed by atoms with E-state index in [1.54, 1.807) is 12.0 Å². The first-order chi connectivity index (χ1) is 11.5. The van der Waals surface area contributed by atoms with E-state index in [4.69, 9.17) is 4.74 Å². The highest BCUT2D eigenvalue weighted by Crippen LogP contribution is 2.39. The van der Waals surface area contributed by atoms with E-state index in [0.717, 1.165) is 33.8 Å². The van der Waals surface area contributed by atoms with Gasteiger partial charge in [-0.2, -0.15) is 0 Å². The summed E-state index contributed by atoms with van der Waals surface area (Å²) in [7, 11) is 5.66. The summed E-state index contributed by atoms with van der Waals surface area (Å²) < 4.78 is 5.29. The van der Waals surface area contributed by atoms with Gasteiger partial charge in [-0.15, -0.1) is 0 Å². The lowest BCUT2D eigenvalue weighted by molar-refractivity contribution is -0.112. The summed E-state index contributed by atoms with van der Waals surface area (Å²) in [4.78, 5) is 16.6. The number of carbonyl (C=O) groups is 1. The summed E-state index contributed by atoms with van der Waals surface area (Å²) in [5.41, 5.74) is 4.75. The molecule has 4 heteroatoms. The maximum Gasteiger partial charge on any atom is 0.258 e. The van der Waals surface area contributed by atoms with Gasteiger partial charge < -0.3 is 14.5 Å². The maximum atomic E-state index is 12.8. The van der Waals surface area contributed by atoms with Crippen molar-refractivity contribution in [1.29, 1.82) is 0 Å². The maximum absolute atomic E-state index is 12.8. The summed E-state index contributed by atoms with van der Waals surface area (Å²) in [6, 6.07) is 14.0. The molecule has 0 fully saturated rings. The van der Waals surface area contributed by atoms with Gasteiger partial charge in [0.1, 0.15) is 5.75 Å². The van der Waals surface area contributed by atoms with E-state index in [-0.39, 0.29) is 5.91 Å². The number of rotatable bonds is 4. The number of hydrogen-bond donors (Lipinski definition) is 0. The highest BCUT2D eigenvalue weighted by molar-refractivity contribution is 6.35. The molecule has 124 valence electrons. The Hall–Kier alpha value is -2.75. The van der Waals surface area contributed by atoms with Crippen LogP contribution in [-0.4, -0.2) is 33.7 Å². The van der Waals surface area contributed by atoms with Crippen LogP contribution in [0, 0.1) is 0 Å². The average Bonchev–Trinajstić information content (AvgIpc) is 2.86. The zero-order valence-corrected chi connectivity index (χ0v) is 14.5. The SMILES string of the molecule is CCN1C(=O)/C(=C\c2ccc(N(C)C)cc2)c2ccc(OC)cc21. The summed E-state index contributed by atoms with van der Waals surface area (Å²) >= 11 is 0. The van der Waals surface area contributed by atoms with Crippen LogP contribution in [0.2, 0.25) is 0 Å². The molecular weight excluding hydrogens is 300 g/mol. The van der Waals surface area contributed by atoms with Crippen molar-refractivity contribution < 1.29 is 9.53 Å². The Labute approximate surface area is 143 Å². The lowest BCUT2D eigenvalue weighted by atomic mass is 10.0. The molecule has 0 aliphatic carbocycles. The Morgan fingerprint density at radius 3 is 2.42 bits per heavy atom. The van der Waals surface area contributed by atoms with E-state index in [2.05, 4.69) is 17.0 Å². The van der Waals surface area contributed by atoms with Crippen molar-refractivity contribution in [1.82, 2.24) is 0 Å². The third-order valence-electron chi connectivity index (χ3n) is 4.30. The third-order valence-corrected chi connectivity index (χ3v) is 4.30. The highest BCUT2D eigenvalue weighted by atomic mass is 16.5. The van der Waals surface area contributed by atoms with Crippen molar-refractivity contribution in [2.75, 3.05) is 37.5 Å². The Kier molecular flexibility index (Phi) is 4.30. The van der Waals surface area contributed by atoms with Crippen LogP contribution in [0.5, 0.6) is 5.75 Å². The van der Waals surface area contributed by atoms with Crippen LogP contribution >= 0.6 is 0 Å². The van der Waals surface area contributed by atoms with E-state index < -0.39 is 0 Å². The van der Waals surface area contributed by atoms with Crippen molar-refractivity contribution in [3.63, 3.8) is 0 Å². The predicted molar refractivity (Wildman–Crippen MR) is 99.7 cm³/mol. The third kappa shape index (κ3) is 2.75. The van der Waals surface area contributed by atoms with Crippen LogP contribution in [0.15, 0.2) is 42.5 Å². The second kappa shape index (κ2) is 6.40. The number of amides is 1. The van der Waals surface area contributed by atoms with Crippen LogP contribution < -0.4 is 14.5 Å². The molecule has 0 saturated carbocycles. The van der Waals surface area contributed by atoms with Crippen molar-refractivity contribution in [3.8, 4) is 5.75 Å². The molecule has 0 spiro atoms. The smallest absolute Gasteiger partial charge is 0.258 e. The second-order valence-electron chi connectivity index (χ2n) is 5.98. The van der Waals surface area contributed by atoms with Gasteiger partial charge in [-0.25, -0.2) is 0 Å². The van der Waals surface area contributed by atoms with Gasteiger partial charge in [0.05, 0.1) is 12.8 Å². The fraction of sp³-hybridized carbons (Fsp3) is 0.250. The van der Waals surface area contributed by atoms with E-state index in [1.807, 2.05) is 57.4 Å². The van der Waals surface area contributed by atoms with Gasteiger partial charge in [-0.3, -0.25) is 4.79 Å². The number of anilines is 2. The van der Waals surface area contributed by atoms with Crippen molar-refractivity contribution >= 4 is 28.9 Å². The number of hydrogen-bond acceptors (Lipinski definition) is 3. The van der Waals surface area contributed by atoms with E-state index in [1.165, 1.54) is 0 Å². The molecule has 2 aromatic carbocycles. The number of fused-ring (bicyclic) bond motifs is 1. The quantitative estimate of drug-likeness (QED) is 0.805. The van der Waals surface area contributed by atoms with Gasteiger partial charge in [-0.05, 0) is 42.8 Å². The van der Waals surface area contributed by atoms with E-state index in [9.17, 15) is 4.79 Å². The van der Waals surface area contributed by atoms with Crippen molar-refractivity contribution in [2.45, 2.75) is 6.92 Å². The normalized spacial score (nSPS) is 14.9. The molecule has 3 rings (SSSR count). The molecular formula is C20H22N2O2. The largest absolute Gasteiger partial charge is 0.497 e. The Bertz CT molecular complexity index is 792. The first-order valence-electron chi connectivity index (χ1n) is 8.04. The number of nitrogens with zero attached hydrogens (tertiary/aromatic N) is 2. The topological polar surface area (TPSA) is 32.8 Å². The van der Waals surface area contributed by atoms with Gasteiger partial charge in [-0.1, -0.05) is 12.1 Å². The molecule has 0 aromatic heterocycles. The standard InChI is InChI=1S/C20H22N2O2/c1-5-22-19-13-16(24-4)10-11-17(19)18(20(22)23)12-14-6-8-15(9-7-14)21(2)3/h6-13H,5H2,1-4H3/b18-12-. The second-order valence-corrected chi connectivity index (χ2v) is 5.98. The monoisotopic (exact) mass is 322 g/mol. The number of likely N-dealkylation sites (N-methyl/N-ethyl adjacent to an activating group) is 1. The summed E-state index contributed by atoms with van der Waals surface area (Å²) in [6.45, 7) is 2.62. The number of carbonyl (C=O) groups excluding carboxylic acids is 1. The van der Waals surface area contributed by atoms with Crippen molar-refractivity contribution in [3.05, 3.63) is 53.6 Å². The van der Waals surface area contributed by atoms with E-state index >= 15 is 0 Å². The molecule has 0 saturated heterocycles. The molecule has 1 aliphatic heterocycles. The molecule has 1 amide bonds. The molecule has 4 nitrogen and oxygen atoms in total. The fourth-order valence-corrected chi connectivity index (χ4v) is 2.95. The van der Waals surface area contributed by atoms with Gasteiger partial charge in [0.2, 0.25) is 0 Å². The summed E-state index contributed by atoms with van der Waals surface area (Å²) in [5.74, 6) is 0.800. The van der Waals surface area contributed by atoms with Crippen LogP contribution in [0.1, 0.15) is 18.1 Å². The molecule has 24 heavy (non-hydrogen) atoms. The Balaban J connectivity index is 2.03. The minimum Gasteiger partial charge on any atom is -0.497 e. The van der Waals surface area contributed by atoms with Gasteiger partial charge in [0.25, 0.3) is 5.91 Å². The first kappa shape index (κ1) is 16.1. The molecule has 0 radical (unpaired) electrons. The molecule has 0 atom stereocenters. The lowest BCUT2D eigenvalue weighted by Crippen LogP contribution is -2.25. The van der Waals surface area contributed by atoms with Crippen LogP contribution in [0.3, 0.4) is 0 Å². The Morgan fingerprint density at radius 1 is 1.12 bits per heavy atom. The minimum absolute atomic E-state index is 0.0393. The zero-order valence-electron chi connectivity index (χ0n) is 14.5. The average molecular weight is 322 g/mol. The number of ether oxygens (including phenoxy) is 1. The number of benzene rings is 2. The summed E-state index contributed by atoms with van der Waals surface area (Å²) in [5, 5.41) is 0. The molecule has 0 bridgehead atoms. The number of methoxy groups -OCH3 is 1. The molecule has 0 unspecified atom stereocenters. The molecule has 2 aromatic rings. The van der Waals surface area contributed by atoms with Gasteiger partial charge in [0.15, 0.2) is 0 Å². The zero-order chi connectivity index (χ0) is 17.3. The molecule has 1 aliphatic rings. The van der Waals surface area contributed by atoms with Gasteiger partial charge in [0, 0.05) is 43.5 Å².